The van der Waals surface area contributed by atoms with Crippen LogP contribution in [0.25, 0.3) is 0 Å². The average molecular weight is 222 g/mol. The van der Waals surface area contributed by atoms with Gasteiger partial charge in [-0.1, -0.05) is 53.4 Å². The third kappa shape index (κ3) is 1.56. The van der Waals surface area contributed by atoms with E-state index in [9.17, 15) is 0 Å². The molecule has 0 spiro atoms. The molecular weight excluding hydrogens is 192 g/mol. The lowest BCUT2D eigenvalue weighted by Gasteiger charge is -2.69. The third-order valence-corrected chi connectivity index (χ3v) is 6.29. The van der Waals surface area contributed by atoms with Crippen LogP contribution in [0.5, 0.6) is 0 Å². The first-order chi connectivity index (χ1) is 7.57. The van der Waals surface area contributed by atoms with Gasteiger partial charge in [0.25, 0.3) is 0 Å². The van der Waals surface area contributed by atoms with Gasteiger partial charge in [0.05, 0.1) is 0 Å². The van der Waals surface area contributed by atoms with Gasteiger partial charge in [0.15, 0.2) is 0 Å². The fourth-order valence-electron chi connectivity index (χ4n) is 4.96. The lowest BCUT2D eigenvalue weighted by Crippen LogP contribution is -2.61. The van der Waals surface area contributed by atoms with Crippen molar-refractivity contribution in [2.24, 2.45) is 22.7 Å². The standard InChI is InChI=1S/C16H30/c1-5-6-7-10-16-11-8-9-14(12-16)15(16,4)13(2)3/h13-14H,5-12H2,1-4H3. The Bertz CT molecular complexity index is 238. The zero-order valence-electron chi connectivity index (χ0n) is 11.8. The molecule has 3 aliphatic rings. The van der Waals surface area contributed by atoms with E-state index in [4.69, 9.17) is 0 Å². The normalized spacial score (nSPS) is 42.2. The van der Waals surface area contributed by atoms with Gasteiger partial charge in [-0.3, -0.25) is 0 Å². The predicted molar refractivity (Wildman–Crippen MR) is 71.5 cm³/mol. The van der Waals surface area contributed by atoms with Gasteiger partial charge in [-0.2, -0.15) is 0 Å². The second kappa shape index (κ2) is 4.35. The molecule has 0 nitrogen and oxygen atoms in total. The number of hydrogen-bond donors (Lipinski definition) is 0. The van der Waals surface area contributed by atoms with E-state index in [1.165, 1.54) is 44.9 Å². The minimum absolute atomic E-state index is 0.680. The molecule has 0 aromatic heterocycles. The second-order valence-electron chi connectivity index (χ2n) is 6.97. The van der Waals surface area contributed by atoms with Crippen LogP contribution in [-0.4, -0.2) is 0 Å². The van der Waals surface area contributed by atoms with Crippen LogP contribution in [0.3, 0.4) is 0 Å². The largest absolute Gasteiger partial charge is 0.0654 e. The zero-order valence-corrected chi connectivity index (χ0v) is 11.8. The van der Waals surface area contributed by atoms with Crippen LogP contribution >= 0.6 is 0 Å². The Kier molecular flexibility index (Phi) is 3.39. The molecule has 0 N–H and O–H groups in total. The molecule has 0 aromatic carbocycles. The average Bonchev–Trinajstić information content (AvgIpc) is 2.28. The van der Waals surface area contributed by atoms with Gasteiger partial charge in [-0.05, 0) is 48.3 Å². The summed E-state index contributed by atoms with van der Waals surface area (Å²) in [5.74, 6) is 1.94. The summed E-state index contributed by atoms with van der Waals surface area (Å²) in [5, 5.41) is 0. The molecule has 3 unspecified atom stereocenters. The number of hydrogen-bond acceptors (Lipinski definition) is 0. The van der Waals surface area contributed by atoms with Gasteiger partial charge in [-0.25, -0.2) is 0 Å². The maximum absolute atomic E-state index is 2.61. The Labute approximate surface area is 102 Å². The minimum atomic E-state index is 0.680. The summed E-state index contributed by atoms with van der Waals surface area (Å²) < 4.78 is 0. The van der Waals surface area contributed by atoms with E-state index in [2.05, 4.69) is 27.7 Å². The van der Waals surface area contributed by atoms with E-state index in [0.717, 1.165) is 17.3 Å². The second-order valence-corrected chi connectivity index (χ2v) is 6.97. The van der Waals surface area contributed by atoms with E-state index >= 15 is 0 Å². The SMILES string of the molecule is CCCCCC12CCCC(C1)C2(C)C(C)C. The number of fused-ring (bicyclic) bond motifs is 2. The van der Waals surface area contributed by atoms with E-state index in [1.54, 1.807) is 6.42 Å². The van der Waals surface area contributed by atoms with E-state index in [1.807, 2.05) is 0 Å². The molecule has 3 fully saturated rings. The molecule has 0 aromatic rings. The number of unbranched alkanes of at least 4 members (excludes halogenated alkanes) is 2. The highest BCUT2D eigenvalue weighted by Crippen LogP contribution is 2.72. The molecular formula is C16H30. The Morgan fingerprint density at radius 3 is 2.56 bits per heavy atom. The molecule has 3 atom stereocenters. The van der Waals surface area contributed by atoms with Crippen molar-refractivity contribution in [1.29, 1.82) is 0 Å². The molecule has 16 heavy (non-hydrogen) atoms. The summed E-state index contributed by atoms with van der Waals surface area (Å²) in [5.41, 5.74) is 1.43. The van der Waals surface area contributed by atoms with E-state index in [-0.39, 0.29) is 0 Å². The zero-order chi connectivity index (χ0) is 11.8. The quantitative estimate of drug-likeness (QED) is 0.545. The minimum Gasteiger partial charge on any atom is -0.0654 e. The Morgan fingerprint density at radius 1 is 1.25 bits per heavy atom. The third-order valence-electron chi connectivity index (χ3n) is 6.29. The van der Waals surface area contributed by atoms with Gasteiger partial charge in [-0.15, -0.1) is 0 Å². The summed E-state index contributed by atoms with van der Waals surface area (Å²) in [6.07, 6.45) is 11.9. The van der Waals surface area contributed by atoms with E-state index in [0.29, 0.717) is 5.41 Å². The molecule has 0 aliphatic heterocycles. The van der Waals surface area contributed by atoms with Gasteiger partial charge in [0, 0.05) is 0 Å². The number of rotatable bonds is 5. The first-order valence-electron chi connectivity index (χ1n) is 7.57. The highest BCUT2D eigenvalue weighted by Gasteiger charge is 2.63. The van der Waals surface area contributed by atoms with Crippen molar-refractivity contribution in [1.82, 2.24) is 0 Å². The van der Waals surface area contributed by atoms with Crippen molar-refractivity contribution in [2.75, 3.05) is 0 Å². The first kappa shape index (κ1) is 12.5. The lowest BCUT2D eigenvalue weighted by molar-refractivity contribution is -0.204. The van der Waals surface area contributed by atoms with Crippen LogP contribution in [0.2, 0.25) is 0 Å². The fourth-order valence-corrected chi connectivity index (χ4v) is 4.96. The van der Waals surface area contributed by atoms with Crippen LogP contribution in [0.4, 0.5) is 0 Å². The monoisotopic (exact) mass is 222 g/mol. The molecule has 0 amide bonds. The molecule has 0 radical (unpaired) electrons. The summed E-state index contributed by atoms with van der Waals surface area (Å²) >= 11 is 0. The van der Waals surface area contributed by atoms with Crippen molar-refractivity contribution in [3.05, 3.63) is 0 Å². The Balaban J connectivity index is 2.06. The molecule has 0 heteroatoms. The molecule has 3 rings (SSSR count). The first-order valence-corrected chi connectivity index (χ1v) is 7.57. The maximum Gasteiger partial charge on any atom is -0.0218 e. The summed E-state index contributed by atoms with van der Waals surface area (Å²) in [6.45, 7) is 9.86. The predicted octanol–water partition coefficient (Wildman–Crippen LogP) is 5.42. The topological polar surface area (TPSA) is 0 Å². The lowest BCUT2D eigenvalue weighted by atomic mass is 9.35. The van der Waals surface area contributed by atoms with Crippen molar-refractivity contribution in [3.8, 4) is 0 Å². The van der Waals surface area contributed by atoms with E-state index < -0.39 is 0 Å². The van der Waals surface area contributed by atoms with Crippen LogP contribution in [-0.2, 0) is 0 Å². The maximum atomic E-state index is 2.61. The molecule has 2 bridgehead atoms. The summed E-state index contributed by atoms with van der Waals surface area (Å²) in [7, 11) is 0. The van der Waals surface area contributed by atoms with Crippen molar-refractivity contribution in [2.45, 2.75) is 79.1 Å². The molecule has 3 aliphatic carbocycles. The Hall–Kier alpha value is 0. The van der Waals surface area contributed by atoms with Gasteiger partial charge in [0.1, 0.15) is 0 Å². The summed E-state index contributed by atoms with van der Waals surface area (Å²) in [4.78, 5) is 0. The van der Waals surface area contributed by atoms with Crippen molar-refractivity contribution in [3.63, 3.8) is 0 Å². The highest BCUT2D eigenvalue weighted by molar-refractivity contribution is 5.13. The van der Waals surface area contributed by atoms with Crippen LogP contribution in [0.15, 0.2) is 0 Å². The van der Waals surface area contributed by atoms with Gasteiger partial charge in [0.2, 0.25) is 0 Å². The Morgan fingerprint density at radius 2 is 2.00 bits per heavy atom. The highest BCUT2D eigenvalue weighted by atomic mass is 14.7. The molecule has 0 saturated heterocycles. The van der Waals surface area contributed by atoms with Crippen LogP contribution < -0.4 is 0 Å². The van der Waals surface area contributed by atoms with Crippen LogP contribution in [0, 0.1) is 22.7 Å². The van der Waals surface area contributed by atoms with Crippen molar-refractivity contribution < 1.29 is 0 Å². The molecule has 0 heterocycles. The van der Waals surface area contributed by atoms with Crippen molar-refractivity contribution >= 4 is 0 Å². The molecule has 3 saturated carbocycles. The smallest absolute Gasteiger partial charge is 0.0218 e. The summed E-state index contributed by atoms with van der Waals surface area (Å²) in [6, 6.07) is 0. The van der Waals surface area contributed by atoms with Crippen LogP contribution in [0.1, 0.15) is 79.1 Å². The van der Waals surface area contributed by atoms with Gasteiger partial charge < -0.3 is 0 Å². The fraction of sp³-hybridized carbons (Fsp3) is 1.00. The van der Waals surface area contributed by atoms with Gasteiger partial charge >= 0.3 is 0 Å². The molecule has 94 valence electrons.